The van der Waals surface area contributed by atoms with E-state index in [-0.39, 0.29) is 6.61 Å². The summed E-state index contributed by atoms with van der Waals surface area (Å²) in [7, 11) is 0. The summed E-state index contributed by atoms with van der Waals surface area (Å²) in [5.74, 6) is 0. The molecule has 0 aliphatic carbocycles. The number of hydrogen-bond acceptors (Lipinski definition) is 3. The molecule has 2 aromatic carbocycles. The van der Waals surface area contributed by atoms with Crippen LogP contribution in [0.25, 0.3) is 22.2 Å². The van der Waals surface area contributed by atoms with Gasteiger partial charge in [0.15, 0.2) is 0 Å². The predicted molar refractivity (Wildman–Crippen MR) is 87.6 cm³/mol. The smallest absolute Gasteiger partial charge is 0.435 e. The third kappa shape index (κ3) is 2.67. The summed E-state index contributed by atoms with van der Waals surface area (Å²) in [5.41, 5.74) is 2.15. The van der Waals surface area contributed by atoms with Gasteiger partial charge < -0.3 is 4.74 Å². The highest BCUT2D eigenvalue weighted by Gasteiger charge is 2.17. The van der Waals surface area contributed by atoms with Gasteiger partial charge >= 0.3 is 6.09 Å². The lowest BCUT2D eigenvalue weighted by atomic mass is 10.1. The highest BCUT2D eigenvalue weighted by atomic mass is 35.5. The second-order valence-corrected chi connectivity index (χ2v) is 5.50. The van der Waals surface area contributed by atoms with Crippen molar-refractivity contribution in [3.05, 3.63) is 52.5 Å². The van der Waals surface area contributed by atoms with Crippen LogP contribution in [0, 0.1) is 0 Å². The van der Waals surface area contributed by atoms with Gasteiger partial charge in [0.05, 0.1) is 12.1 Å². The third-order valence-electron chi connectivity index (χ3n) is 3.20. The molecular formula is C16H12Cl2N2O2. The molecule has 112 valence electrons. The van der Waals surface area contributed by atoms with Crippen molar-refractivity contribution in [3.63, 3.8) is 0 Å². The van der Waals surface area contributed by atoms with Crippen LogP contribution >= 0.6 is 23.2 Å². The minimum atomic E-state index is -0.532. The molecule has 3 rings (SSSR count). The van der Waals surface area contributed by atoms with Gasteiger partial charge in [0, 0.05) is 21.0 Å². The summed E-state index contributed by atoms with van der Waals surface area (Å²) < 4.78 is 6.27. The molecule has 0 spiro atoms. The lowest BCUT2D eigenvalue weighted by molar-refractivity contribution is 0.151. The highest BCUT2D eigenvalue weighted by Crippen LogP contribution is 2.30. The summed E-state index contributed by atoms with van der Waals surface area (Å²) in [6, 6.07) is 12.6. The Morgan fingerprint density at radius 1 is 1.14 bits per heavy atom. The molecule has 22 heavy (non-hydrogen) atoms. The van der Waals surface area contributed by atoms with Crippen molar-refractivity contribution in [1.29, 1.82) is 0 Å². The molecule has 6 heteroatoms. The van der Waals surface area contributed by atoms with E-state index in [2.05, 4.69) is 5.10 Å². The lowest BCUT2D eigenvalue weighted by Crippen LogP contribution is -2.14. The van der Waals surface area contributed by atoms with E-state index in [1.807, 2.05) is 18.2 Å². The van der Waals surface area contributed by atoms with Gasteiger partial charge in [-0.2, -0.15) is 9.78 Å². The molecule has 3 aromatic rings. The van der Waals surface area contributed by atoms with Gasteiger partial charge in [0.2, 0.25) is 0 Å². The maximum Gasteiger partial charge on any atom is 0.435 e. The number of carbonyl (C=O) groups excluding carboxylic acids is 1. The normalized spacial score (nSPS) is 10.9. The van der Waals surface area contributed by atoms with Gasteiger partial charge in [-0.25, -0.2) is 4.79 Å². The summed E-state index contributed by atoms with van der Waals surface area (Å²) in [4.78, 5) is 12.1. The number of aromatic nitrogens is 2. The Bertz CT molecular complexity index is 841. The summed E-state index contributed by atoms with van der Waals surface area (Å²) in [6.45, 7) is 2.02. The average molecular weight is 335 g/mol. The maximum atomic E-state index is 12.1. The van der Waals surface area contributed by atoms with E-state index in [9.17, 15) is 4.79 Å². The third-order valence-corrected chi connectivity index (χ3v) is 3.69. The summed E-state index contributed by atoms with van der Waals surface area (Å²) in [6.07, 6.45) is -0.532. The van der Waals surface area contributed by atoms with Gasteiger partial charge in [0.1, 0.15) is 5.69 Å². The van der Waals surface area contributed by atoms with Crippen molar-refractivity contribution in [1.82, 2.24) is 9.78 Å². The van der Waals surface area contributed by atoms with Crippen LogP contribution in [0.3, 0.4) is 0 Å². The number of rotatable bonds is 2. The SMILES string of the molecule is CCOC(=O)n1nc(-c2ccc(Cl)cc2)c2ccc(Cl)cc21. The molecule has 0 N–H and O–H groups in total. The van der Waals surface area contributed by atoms with E-state index < -0.39 is 6.09 Å². The van der Waals surface area contributed by atoms with Gasteiger partial charge in [-0.1, -0.05) is 35.3 Å². The minimum absolute atomic E-state index is 0.275. The molecule has 0 fully saturated rings. The van der Waals surface area contributed by atoms with Crippen molar-refractivity contribution < 1.29 is 9.53 Å². The van der Waals surface area contributed by atoms with Crippen LogP contribution in [0.15, 0.2) is 42.5 Å². The molecule has 0 saturated carbocycles. The van der Waals surface area contributed by atoms with Crippen LogP contribution in [0.2, 0.25) is 10.0 Å². The van der Waals surface area contributed by atoms with Crippen LogP contribution in [0.4, 0.5) is 4.79 Å². The van der Waals surface area contributed by atoms with E-state index in [1.165, 1.54) is 4.68 Å². The molecule has 0 aliphatic heterocycles. The maximum absolute atomic E-state index is 12.1. The number of hydrogen-bond donors (Lipinski definition) is 0. The topological polar surface area (TPSA) is 44.1 Å². The molecule has 1 aromatic heterocycles. The number of nitrogens with zero attached hydrogens (tertiary/aromatic N) is 2. The molecule has 0 atom stereocenters. The van der Waals surface area contributed by atoms with Gasteiger partial charge in [-0.05, 0) is 37.3 Å². The first-order chi connectivity index (χ1) is 10.6. The quantitative estimate of drug-likeness (QED) is 0.661. The number of benzene rings is 2. The molecule has 0 aliphatic rings. The van der Waals surface area contributed by atoms with Crippen molar-refractivity contribution >= 4 is 40.2 Å². The molecule has 0 bridgehead atoms. The zero-order valence-electron chi connectivity index (χ0n) is 11.7. The fraction of sp³-hybridized carbons (Fsp3) is 0.125. The average Bonchev–Trinajstić information content (AvgIpc) is 2.87. The summed E-state index contributed by atoms with van der Waals surface area (Å²) in [5, 5.41) is 6.38. The van der Waals surface area contributed by atoms with Gasteiger partial charge in [-0.3, -0.25) is 0 Å². The molecule has 0 radical (unpaired) electrons. The fourth-order valence-corrected chi connectivity index (χ4v) is 2.53. The molecule has 0 unspecified atom stereocenters. The van der Waals surface area contributed by atoms with E-state index in [0.717, 1.165) is 10.9 Å². The number of carbonyl (C=O) groups is 1. The largest absolute Gasteiger partial charge is 0.448 e. The van der Waals surface area contributed by atoms with E-state index in [1.54, 1.807) is 31.2 Å². The minimum Gasteiger partial charge on any atom is -0.448 e. The van der Waals surface area contributed by atoms with Crippen molar-refractivity contribution in [2.75, 3.05) is 6.61 Å². The van der Waals surface area contributed by atoms with Gasteiger partial charge in [0.25, 0.3) is 0 Å². The zero-order chi connectivity index (χ0) is 15.7. The monoisotopic (exact) mass is 334 g/mol. The van der Waals surface area contributed by atoms with Crippen LogP contribution in [0.5, 0.6) is 0 Å². The first-order valence-corrected chi connectivity index (χ1v) is 7.47. The second-order valence-electron chi connectivity index (χ2n) is 4.63. The Morgan fingerprint density at radius 2 is 1.82 bits per heavy atom. The summed E-state index contributed by atoms with van der Waals surface area (Å²) >= 11 is 12.0. The van der Waals surface area contributed by atoms with E-state index in [0.29, 0.717) is 21.3 Å². The fourth-order valence-electron chi connectivity index (χ4n) is 2.23. The molecule has 0 amide bonds. The van der Waals surface area contributed by atoms with Crippen molar-refractivity contribution in [2.45, 2.75) is 6.92 Å². The molecule has 0 saturated heterocycles. The van der Waals surface area contributed by atoms with Crippen LogP contribution in [-0.2, 0) is 4.74 Å². The number of halogens is 2. The standard InChI is InChI=1S/C16H12Cl2N2O2/c1-2-22-16(21)20-14-9-12(18)7-8-13(14)15(19-20)10-3-5-11(17)6-4-10/h3-9H,2H2,1H3. The first kappa shape index (κ1) is 14.9. The van der Waals surface area contributed by atoms with E-state index in [4.69, 9.17) is 27.9 Å². The highest BCUT2D eigenvalue weighted by molar-refractivity contribution is 6.31. The molecule has 1 heterocycles. The number of ether oxygens (including phenoxy) is 1. The van der Waals surface area contributed by atoms with Crippen molar-refractivity contribution in [2.24, 2.45) is 0 Å². The zero-order valence-corrected chi connectivity index (χ0v) is 13.2. The first-order valence-electron chi connectivity index (χ1n) is 6.71. The van der Waals surface area contributed by atoms with Crippen LogP contribution in [-0.4, -0.2) is 22.5 Å². The predicted octanol–water partition coefficient (Wildman–Crippen LogP) is 5.01. The lowest BCUT2D eigenvalue weighted by Gasteiger charge is -2.01. The van der Waals surface area contributed by atoms with Crippen LogP contribution < -0.4 is 0 Å². The molecular weight excluding hydrogens is 323 g/mol. The Balaban J connectivity index is 2.22. The Hall–Kier alpha value is -2.04. The van der Waals surface area contributed by atoms with Gasteiger partial charge in [-0.15, -0.1) is 0 Å². The Kier molecular flexibility index (Phi) is 4.05. The Labute approximate surface area is 137 Å². The number of fused-ring (bicyclic) bond motifs is 1. The van der Waals surface area contributed by atoms with E-state index >= 15 is 0 Å². The Morgan fingerprint density at radius 3 is 2.50 bits per heavy atom. The second kappa shape index (κ2) is 5.99. The molecule has 4 nitrogen and oxygen atoms in total. The van der Waals surface area contributed by atoms with Crippen LogP contribution in [0.1, 0.15) is 6.92 Å². The van der Waals surface area contributed by atoms with Crippen molar-refractivity contribution in [3.8, 4) is 11.3 Å².